The van der Waals surface area contributed by atoms with E-state index in [9.17, 15) is 29.1 Å². The molecule has 3 aromatic carbocycles. The molecule has 4 amide bonds. The van der Waals surface area contributed by atoms with Gasteiger partial charge in [0.05, 0.1) is 12.5 Å². The Hall–Kier alpha value is -5.03. The Balaban J connectivity index is 1.99. The summed E-state index contributed by atoms with van der Waals surface area (Å²) < 4.78 is 10.8. The van der Waals surface area contributed by atoms with E-state index in [0.717, 1.165) is 10.5 Å². The minimum absolute atomic E-state index is 0.0116. The Morgan fingerprint density at radius 1 is 0.750 bits per heavy atom. The Morgan fingerprint density at radius 2 is 1.25 bits per heavy atom. The lowest BCUT2D eigenvalue weighted by Gasteiger charge is -2.33. The molecular formula is C37H45N3O8. The zero-order valence-electron chi connectivity index (χ0n) is 28.1. The maximum atomic E-state index is 14.5. The minimum Gasteiger partial charge on any atom is -0.459 e. The molecule has 48 heavy (non-hydrogen) atoms. The van der Waals surface area contributed by atoms with E-state index in [2.05, 4.69) is 10.6 Å². The van der Waals surface area contributed by atoms with Crippen molar-refractivity contribution < 1.29 is 38.6 Å². The lowest BCUT2D eigenvalue weighted by molar-refractivity contribution is -0.155. The van der Waals surface area contributed by atoms with Gasteiger partial charge in [-0.05, 0) is 51.3 Å². The first-order valence-electron chi connectivity index (χ1n) is 15.9. The predicted octanol–water partition coefficient (Wildman–Crippen LogP) is 4.11. The Bertz CT molecular complexity index is 1510. The van der Waals surface area contributed by atoms with E-state index in [1.54, 1.807) is 106 Å². The normalized spacial score (nSPS) is 13.6. The molecule has 11 heteroatoms. The quantitative estimate of drug-likeness (QED) is 0.219. The third kappa shape index (κ3) is 12.3. The molecule has 3 aromatic rings. The lowest BCUT2D eigenvalue weighted by atomic mass is 9.99. The molecule has 11 nitrogen and oxygen atoms in total. The van der Waals surface area contributed by atoms with Crippen molar-refractivity contribution in [3.63, 3.8) is 0 Å². The van der Waals surface area contributed by atoms with E-state index in [4.69, 9.17) is 9.47 Å². The average molecular weight is 660 g/mol. The fourth-order valence-corrected chi connectivity index (χ4v) is 4.83. The van der Waals surface area contributed by atoms with Crippen molar-refractivity contribution in [3.8, 4) is 0 Å². The van der Waals surface area contributed by atoms with Gasteiger partial charge < -0.3 is 25.2 Å². The topological polar surface area (TPSA) is 151 Å². The van der Waals surface area contributed by atoms with Gasteiger partial charge in [-0.25, -0.2) is 9.59 Å². The summed E-state index contributed by atoms with van der Waals surface area (Å²) >= 11 is 0. The van der Waals surface area contributed by atoms with E-state index in [1.807, 2.05) is 6.07 Å². The van der Waals surface area contributed by atoms with Crippen LogP contribution >= 0.6 is 0 Å². The number of aliphatic hydroxyl groups is 1. The highest BCUT2D eigenvalue weighted by Gasteiger charge is 2.40. The monoisotopic (exact) mass is 659 g/mol. The van der Waals surface area contributed by atoms with Gasteiger partial charge in [0.15, 0.2) is 0 Å². The van der Waals surface area contributed by atoms with Crippen LogP contribution in [0, 0.1) is 0 Å². The van der Waals surface area contributed by atoms with E-state index in [0.29, 0.717) is 11.1 Å². The number of carbonyl (C=O) groups is 5. The SMILES string of the molecule is C[C@H](NC(=O)[C@H](Cc1ccccc1)N(C(=O)C[C@@H](C)O)C(=O)[C@@H](Cc1ccccc1)NC(=O)OC(C)(C)C)C(=O)OCc1ccccc1. The zero-order chi connectivity index (χ0) is 35.3. The van der Waals surface area contributed by atoms with Gasteiger partial charge in [-0.3, -0.25) is 19.3 Å². The summed E-state index contributed by atoms with van der Waals surface area (Å²) in [5.74, 6) is -3.24. The second-order valence-electron chi connectivity index (χ2n) is 12.6. The maximum absolute atomic E-state index is 14.5. The van der Waals surface area contributed by atoms with Gasteiger partial charge in [-0.2, -0.15) is 0 Å². The second kappa shape index (κ2) is 17.8. The van der Waals surface area contributed by atoms with Crippen LogP contribution in [0.3, 0.4) is 0 Å². The first-order chi connectivity index (χ1) is 22.7. The Kier molecular flexibility index (Phi) is 13.9. The van der Waals surface area contributed by atoms with Crippen LogP contribution in [0.25, 0.3) is 0 Å². The lowest BCUT2D eigenvalue weighted by Crippen LogP contribution is -2.60. The van der Waals surface area contributed by atoms with Crippen molar-refractivity contribution in [2.24, 2.45) is 0 Å². The zero-order valence-corrected chi connectivity index (χ0v) is 28.1. The molecule has 0 heterocycles. The largest absolute Gasteiger partial charge is 0.459 e. The summed E-state index contributed by atoms with van der Waals surface area (Å²) in [6.07, 6.45) is -2.66. The smallest absolute Gasteiger partial charge is 0.408 e. The Labute approximate surface area is 281 Å². The first-order valence-corrected chi connectivity index (χ1v) is 15.9. The molecule has 3 N–H and O–H groups in total. The van der Waals surface area contributed by atoms with Crippen LogP contribution < -0.4 is 10.6 Å². The summed E-state index contributed by atoms with van der Waals surface area (Å²) in [4.78, 5) is 68.9. The molecule has 0 aliphatic rings. The number of hydrogen-bond donors (Lipinski definition) is 3. The van der Waals surface area contributed by atoms with Crippen LogP contribution in [0.2, 0.25) is 0 Å². The number of rotatable bonds is 14. The second-order valence-corrected chi connectivity index (χ2v) is 12.6. The van der Waals surface area contributed by atoms with Crippen LogP contribution in [0.1, 0.15) is 57.7 Å². The van der Waals surface area contributed by atoms with Crippen molar-refractivity contribution in [2.45, 2.75) is 90.3 Å². The van der Waals surface area contributed by atoms with Crippen molar-refractivity contribution in [2.75, 3.05) is 0 Å². The summed E-state index contributed by atoms with van der Waals surface area (Å²) in [5.41, 5.74) is 1.18. The number of benzene rings is 3. The number of nitrogens with zero attached hydrogens (tertiary/aromatic N) is 1. The number of amides is 4. The number of hydrogen-bond acceptors (Lipinski definition) is 8. The predicted molar refractivity (Wildman–Crippen MR) is 179 cm³/mol. The third-order valence-corrected chi connectivity index (χ3v) is 7.07. The highest BCUT2D eigenvalue weighted by atomic mass is 16.6. The minimum atomic E-state index is -1.46. The van der Waals surface area contributed by atoms with Crippen molar-refractivity contribution >= 4 is 29.8 Å². The van der Waals surface area contributed by atoms with Crippen LogP contribution in [-0.4, -0.2) is 69.6 Å². The van der Waals surface area contributed by atoms with Gasteiger partial charge in [0.2, 0.25) is 11.8 Å². The van der Waals surface area contributed by atoms with E-state index >= 15 is 0 Å². The van der Waals surface area contributed by atoms with Gasteiger partial charge in [0, 0.05) is 12.8 Å². The standard InChI is InChI=1S/C37H45N3O8/c1-25(41)21-32(42)40(34(44)30(22-27-15-9-6-10-16-27)39-36(46)48-37(3,4)5)31(23-28-17-11-7-12-18-28)33(43)38-26(2)35(45)47-24-29-19-13-8-14-20-29/h6-20,25-26,30-31,41H,21-24H2,1-5H3,(H,38,43)(H,39,46)/t25-,26+,30-,31+/m1/s1. The van der Waals surface area contributed by atoms with Gasteiger partial charge in [-0.15, -0.1) is 0 Å². The van der Waals surface area contributed by atoms with Crippen LogP contribution in [0.15, 0.2) is 91.0 Å². The summed E-state index contributed by atoms with van der Waals surface area (Å²) in [6.45, 7) is 7.83. The highest BCUT2D eigenvalue weighted by Crippen LogP contribution is 2.18. The molecule has 0 radical (unpaired) electrons. The number of nitrogens with one attached hydrogen (secondary N) is 2. The molecule has 3 rings (SSSR count). The van der Waals surface area contributed by atoms with Crippen molar-refractivity contribution in [1.29, 1.82) is 0 Å². The van der Waals surface area contributed by atoms with Gasteiger partial charge in [-0.1, -0.05) is 91.0 Å². The Morgan fingerprint density at radius 3 is 1.75 bits per heavy atom. The van der Waals surface area contributed by atoms with Gasteiger partial charge in [0.1, 0.15) is 30.3 Å². The van der Waals surface area contributed by atoms with Gasteiger partial charge >= 0.3 is 12.1 Å². The summed E-state index contributed by atoms with van der Waals surface area (Å²) in [6, 6.07) is 22.7. The molecule has 0 spiro atoms. The average Bonchev–Trinajstić information content (AvgIpc) is 3.03. The van der Waals surface area contributed by atoms with Crippen LogP contribution in [0.5, 0.6) is 0 Å². The third-order valence-electron chi connectivity index (χ3n) is 7.07. The molecule has 0 aliphatic carbocycles. The number of aliphatic hydroxyl groups excluding tert-OH is 1. The number of alkyl carbamates (subject to hydrolysis) is 1. The number of esters is 1. The van der Waals surface area contributed by atoms with Crippen LogP contribution in [-0.2, 0) is 48.1 Å². The molecule has 0 aromatic heterocycles. The van der Waals surface area contributed by atoms with Crippen molar-refractivity contribution in [1.82, 2.24) is 15.5 Å². The number of carbonyl (C=O) groups excluding carboxylic acids is 5. The number of imide groups is 1. The van der Waals surface area contributed by atoms with Crippen molar-refractivity contribution in [3.05, 3.63) is 108 Å². The summed E-state index contributed by atoms with van der Waals surface area (Å²) in [5, 5.41) is 15.4. The molecule has 0 bridgehead atoms. The molecular weight excluding hydrogens is 614 g/mol. The highest BCUT2D eigenvalue weighted by molar-refractivity contribution is 6.04. The van der Waals surface area contributed by atoms with E-state index in [1.165, 1.54) is 13.8 Å². The molecule has 0 unspecified atom stereocenters. The molecule has 0 saturated heterocycles. The first kappa shape index (κ1) is 37.4. The summed E-state index contributed by atoms with van der Waals surface area (Å²) in [7, 11) is 0. The molecule has 0 fully saturated rings. The van der Waals surface area contributed by atoms with Gasteiger partial charge in [0.25, 0.3) is 5.91 Å². The number of ether oxygens (including phenoxy) is 2. The molecule has 0 saturated carbocycles. The molecule has 256 valence electrons. The fourth-order valence-electron chi connectivity index (χ4n) is 4.83. The van der Waals surface area contributed by atoms with E-state index in [-0.39, 0.29) is 19.4 Å². The molecule has 4 atom stereocenters. The van der Waals surface area contributed by atoms with Crippen LogP contribution in [0.4, 0.5) is 4.79 Å². The molecule has 0 aliphatic heterocycles. The van der Waals surface area contributed by atoms with E-state index < -0.39 is 66.0 Å². The maximum Gasteiger partial charge on any atom is 0.408 e. The fraction of sp³-hybridized carbons (Fsp3) is 0.378.